The summed E-state index contributed by atoms with van der Waals surface area (Å²) >= 11 is 0. The predicted octanol–water partition coefficient (Wildman–Crippen LogP) is 2.20. The average molecular weight is 350 g/mol. The second kappa shape index (κ2) is 5.87. The summed E-state index contributed by atoms with van der Waals surface area (Å²) in [5, 5.41) is 10.7. The Kier molecular flexibility index (Phi) is 3.66. The number of hydrogen-bond acceptors (Lipinski definition) is 6. The molecule has 0 amide bonds. The fraction of sp³-hybridized carbons (Fsp3) is 0.333. The highest BCUT2D eigenvalue weighted by Gasteiger charge is 2.38. The number of rotatable bonds is 3. The summed E-state index contributed by atoms with van der Waals surface area (Å²) in [6.45, 7) is 1.14. The van der Waals surface area contributed by atoms with Gasteiger partial charge in [0.1, 0.15) is 11.9 Å². The molecule has 0 aromatic carbocycles. The van der Waals surface area contributed by atoms with Crippen molar-refractivity contribution in [3.63, 3.8) is 0 Å². The number of hydrogen-bond donors (Lipinski definition) is 0. The van der Waals surface area contributed by atoms with Crippen molar-refractivity contribution in [2.75, 3.05) is 18.0 Å². The molecule has 1 fully saturated rings. The standard InChI is InChI=1S/C15H13F3N6O/c16-15(17,18)14-21-20-11-4-5-12(22-24(11)14)23-8-6-10(9-23)25-13-3-1-2-7-19-13/h1-5,7,10H,6,8-9H2/t10-/m0/s1. The van der Waals surface area contributed by atoms with Crippen LogP contribution >= 0.6 is 0 Å². The van der Waals surface area contributed by atoms with E-state index in [1.165, 1.54) is 6.07 Å². The Morgan fingerprint density at radius 1 is 1.12 bits per heavy atom. The SMILES string of the molecule is FC(F)(F)c1nnc2ccc(N3CC[C@H](Oc4ccccn4)C3)nn12. The highest BCUT2D eigenvalue weighted by Crippen LogP contribution is 2.28. The first-order chi connectivity index (χ1) is 12.0. The third-order valence-electron chi connectivity index (χ3n) is 3.90. The van der Waals surface area contributed by atoms with Gasteiger partial charge in [-0.3, -0.25) is 0 Å². The minimum Gasteiger partial charge on any atom is -0.472 e. The summed E-state index contributed by atoms with van der Waals surface area (Å²) in [5.74, 6) is -0.189. The van der Waals surface area contributed by atoms with Gasteiger partial charge in [-0.25, -0.2) is 4.98 Å². The Morgan fingerprint density at radius 2 is 2.00 bits per heavy atom. The Labute approximate surface area is 140 Å². The van der Waals surface area contributed by atoms with Crippen molar-refractivity contribution in [3.8, 4) is 5.88 Å². The van der Waals surface area contributed by atoms with Crippen LogP contribution in [-0.4, -0.2) is 44.0 Å². The van der Waals surface area contributed by atoms with Crippen molar-refractivity contribution >= 4 is 11.5 Å². The van der Waals surface area contributed by atoms with Crippen LogP contribution in [-0.2, 0) is 6.18 Å². The molecule has 7 nitrogen and oxygen atoms in total. The van der Waals surface area contributed by atoms with Crippen LogP contribution in [0.25, 0.3) is 5.65 Å². The first kappa shape index (κ1) is 15.6. The van der Waals surface area contributed by atoms with E-state index in [2.05, 4.69) is 20.3 Å². The molecule has 0 bridgehead atoms. The van der Waals surface area contributed by atoms with E-state index in [-0.39, 0.29) is 11.8 Å². The van der Waals surface area contributed by atoms with Gasteiger partial charge in [0.15, 0.2) is 5.65 Å². The lowest BCUT2D eigenvalue weighted by Gasteiger charge is -2.17. The third kappa shape index (κ3) is 3.06. The molecule has 1 aliphatic rings. The van der Waals surface area contributed by atoms with Gasteiger partial charge >= 0.3 is 6.18 Å². The molecule has 130 valence electrons. The molecule has 1 atom stereocenters. The molecule has 1 saturated heterocycles. The molecule has 4 heterocycles. The first-order valence-corrected chi connectivity index (χ1v) is 7.63. The number of aromatic nitrogens is 5. The normalized spacial score (nSPS) is 18.0. The fourth-order valence-corrected chi connectivity index (χ4v) is 2.74. The van der Waals surface area contributed by atoms with E-state index in [4.69, 9.17) is 4.74 Å². The van der Waals surface area contributed by atoms with E-state index in [0.717, 1.165) is 10.9 Å². The zero-order valence-electron chi connectivity index (χ0n) is 12.9. The van der Waals surface area contributed by atoms with Crippen LogP contribution in [0.3, 0.4) is 0 Å². The lowest BCUT2D eigenvalue weighted by atomic mass is 10.3. The molecule has 0 saturated carbocycles. The molecule has 0 spiro atoms. The maximum atomic E-state index is 13.0. The van der Waals surface area contributed by atoms with Crippen molar-refractivity contribution in [3.05, 3.63) is 42.4 Å². The first-order valence-electron chi connectivity index (χ1n) is 7.63. The second-order valence-corrected chi connectivity index (χ2v) is 5.63. The Balaban J connectivity index is 1.54. The minimum atomic E-state index is -4.61. The van der Waals surface area contributed by atoms with Crippen LogP contribution < -0.4 is 9.64 Å². The predicted molar refractivity (Wildman–Crippen MR) is 81.3 cm³/mol. The molecule has 0 aliphatic carbocycles. The van der Waals surface area contributed by atoms with Gasteiger partial charge in [0.2, 0.25) is 5.88 Å². The number of alkyl halides is 3. The van der Waals surface area contributed by atoms with E-state index in [9.17, 15) is 13.2 Å². The highest BCUT2D eigenvalue weighted by atomic mass is 19.4. The van der Waals surface area contributed by atoms with Gasteiger partial charge in [0.25, 0.3) is 5.82 Å². The van der Waals surface area contributed by atoms with Crippen LogP contribution in [0.2, 0.25) is 0 Å². The molecular formula is C15H13F3N6O. The van der Waals surface area contributed by atoms with Crippen LogP contribution in [0, 0.1) is 0 Å². The summed E-state index contributed by atoms with van der Waals surface area (Å²) in [6.07, 6.45) is -2.34. The molecule has 0 radical (unpaired) electrons. The van der Waals surface area contributed by atoms with E-state index in [1.807, 2.05) is 11.0 Å². The van der Waals surface area contributed by atoms with Crippen molar-refractivity contribution in [1.82, 2.24) is 24.8 Å². The number of fused-ring (bicyclic) bond motifs is 1. The largest absolute Gasteiger partial charge is 0.472 e. The molecule has 0 N–H and O–H groups in total. The lowest BCUT2D eigenvalue weighted by Crippen LogP contribution is -2.26. The molecule has 0 unspecified atom stereocenters. The molecule has 4 rings (SSSR count). The van der Waals surface area contributed by atoms with Gasteiger partial charge in [-0.1, -0.05) is 6.07 Å². The van der Waals surface area contributed by atoms with Gasteiger partial charge in [0.05, 0.1) is 6.54 Å². The minimum absolute atomic E-state index is 0.0524. The van der Waals surface area contributed by atoms with E-state index >= 15 is 0 Å². The average Bonchev–Trinajstić information content (AvgIpc) is 3.21. The van der Waals surface area contributed by atoms with Gasteiger partial charge in [0, 0.05) is 25.2 Å². The number of halogens is 3. The number of anilines is 1. The van der Waals surface area contributed by atoms with Gasteiger partial charge in [-0.2, -0.15) is 17.7 Å². The maximum absolute atomic E-state index is 13.0. The van der Waals surface area contributed by atoms with Gasteiger partial charge < -0.3 is 9.64 Å². The van der Waals surface area contributed by atoms with Crippen LogP contribution in [0.1, 0.15) is 12.2 Å². The summed E-state index contributed by atoms with van der Waals surface area (Å²) in [6, 6.07) is 8.49. The number of ether oxygens (including phenoxy) is 1. The lowest BCUT2D eigenvalue weighted by molar-refractivity contribution is -0.146. The third-order valence-corrected chi connectivity index (χ3v) is 3.90. The van der Waals surface area contributed by atoms with Crippen molar-refractivity contribution in [2.24, 2.45) is 0 Å². The van der Waals surface area contributed by atoms with Gasteiger partial charge in [-0.05, 0) is 18.2 Å². The second-order valence-electron chi connectivity index (χ2n) is 5.63. The quantitative estimate of drug-likeness (QED) is 0.721. The zero-order chi connectivity index (χ0) is 17.4. The summed E-state index contributed by atoms with van der Waals surface area (Å²) < 4.78 is 45.4. The monoisotopic (exact) mass is 350 g/mol. The molecule has 3 aromatic heterocycles. The smallest absolute Gasteiger partial charge is 0.453 e. The highest BCUT2D eigenvalue weighted by molar-refractivity contribution is 5.46. The molecule has 3 aromatic rings. The van der Waals surface area contributed by atoms with Crippen LogP contribution in [0.5, 0.6) is 5.88 Å². The Hall–Kier alpha value is -2.91. The topological polar surface area (TPSA) is 68.4 Å². The Bertz CT molecular complexity index is 882. The van der Waals surface area contributed by atoms with Crippen molar-refractivity contribution < 1.29 is 17.9 Å². The van der Waals surface area contributed by atoms with Crippen molar-refractivity contribution in [2.45, 2.75) is 18.7 Å². The van der Waals surface area contributed by atoms with Crippen molar-refractivity contribution in [1.29, 1.82) is 0 Å². The molecule has 1 aliphatic heterocycles. The summed E-state index contributed by atoms with van der Waals surface area (Å²) in [5.41, 5.74) is 0.0524. The zero-order valence-corrected chi connectivity index (χ0v) is 12.9. The van der Waals surface area contributed by atoms with Crippen LogP contribution in [0.4, 0.5) is 19.0 Å². The van der Waals surface area contributed by atoms with Crippen LogP contribution in [0.15, 0.2) is 36.5 Å². The van der Waals surface area contributed by atoms with E-state index in [0.29, 0.717) is 24.8 Å². The van der Waals surface area contributed by atoms with E-state index < -0.39 is 12.0 Å². The molecule has 25 heavy (non-hydrogen) atoms. The number of nitrogens with zero attached hydrogens (tertiary/aromatic N) is 6. The molecular weight excluding hydrogens is 337 g/mol. The maximum Gasteiger partial charge on any atom is 0.453 e. The summed E-state index contributed by atoms with van der Waals surface area (Å²) in [4.78, 5) is 5.98. The fourth-order valence-electron chi connectivity index (χ4n) is 2.74. The van der Waals surface area contributed by atoms with E-state index in [1.54, 1.807) is 24.4 Å². The molecule has 10 heteroatoms. The number of pyridine rings is 1. The summed E-state index contributed by atoms with van der Waals surface area (Å²) in [7, 11) is 0. The Morgan fingerprint density at radius 3 is 2.76 bits per heavy atom. The van der Waals surface area contributed by atoms with Gasteiger partial charge in [-0.15, -0.1) is 15.3 Å².